The molecule has 0 atom stereocenters. The van der Waals surface area contributed by atoms with E-state index in [0.29, 0.717) is 47.4 Å². The molecule has 0 aliphatic heterocycles. The van der Waals surface area contributed by atoms with E-state index >= 15 is 0 Å². The molecule has 0 bridgehead atoms. The number of ether oxygens (including phenoxy) is 2. The molecule has 7 nitrogen and oxygen atoms in total. The van der Waals surface area contributed by atoms with Gasteiger partial charge < -0.3 is 19.2 Å². The van der Waals surface area contributed by atoms with Crippen molar-refractivity contribution < 1.29 is 23.5 Å². The van der Waals surface area contributed by atoms with E-state index in [1.807, 2.05) is 38.1 Å². The quantitative estimate of drug-likeness (QED) is 0.319. The van der Waals surface area contributed by atoms with Crippen LogP contribution in [0.5, 0.6) is 5.75 Å². The topological polar surface area (TPSA) is 90.7 Å². The molecular weight excluding hydrogens is 444 g/mol. The van der Waals surface area contributed by atoms with Crippen molar-refractivity contribution in [2.24, 2.45) is 0 Å². The van der Waals surface area contributed by atoms with Gasteiger partial charge in [0.1, 0.15) is 23.8 Å². The zero-order chi connectivity index (χ0) is 24.8. The van der Waals surface area contributed by atoms with Crippen LogP contribution in [0.25, 0.3) is 11.5 Å². The van der Waals surface area contributed by atoms with Gasteiger partial charge in [0, 0.05) is 16.8 Å². The molecule has 0 spiro atoms. The number of esters is 1. The van der Waals surface area contributed by atoms with Crippen molar-refractivity contribution in [1.29, 1.82) is 0 Å². The number of anilines is 1. The van der Waals surface area contributed by atoms with Crippen LogP contribution in [-0.4, -0.2) is 23.5 Å². The Labute approximate surface area is 203 Å². The number of hydrogen-bond donors (Lipinski definition) is 1. The molecule has 4 aromatic rings. The Balaban J connectivity index is 1.38. The molecule has 0 fully saturated rings. The van der Waals surface area contributed by atoms with Crippen molar-refractivity contribution in [3.8, 4) is 17.2 Å². The molecular formula is C28H26N2O5. The molecule has 1 amide bonds. The number of nitrogens with zero attached hydrogens (tertiary/aromatic N) is 1. The third-order valence-electron chi connectivity index (χ3n) is 5.34. The fourth-order valence-corrected chi connectivity index (χ4v) is 3.34. The number of carbonyl (C=O) groups excluding carboxylic acids is 2. The fourth-order valence-electron chi connectivity index (χ4n) is 3.34. The Morgan fingerprint density at radius 1 is 0.886 bits per heavy atom. The summed E-state index contributed by atoms with van der Waals surface area (Å²) in [4.78, 5) is 28.9. The highest BCUT2D eigenvalue weighted by molar-refractivity contribution is 6.04. The van der Waals surface area contributed by atoms with Gasteiger partial charge in [-0.2, -0.15) is 0 Å². The lowest BCUT2D eigenvalue weighted by molar-refractivity contribution is 0.0526. The van der Waals surface area contributed by atoms with Crippen LogP contribution in [-0.2, 0) is 11.3 Å². The van der Waals surface area contributed by atoms with Gasteiger partial charge in [0.15, 0.2) is 0 Å². The Bertz CT molecular complexity index is 1310. The van der Waals surface area contributed by atoms with Crippen LogP contribution in [0.4, 0.5) is 5.69 Å². The van der Waals surface area contributed by atoms with E-state index in [-0.39, 0.29) is 5.91 Å². The van der Waals surface area contributed by atoms with Gasteiger partial charge in [-0.1, -0.05) is 17.7 Å². The molecule has 3 aromatic carbocycles. The van der Waals surface area contributed by atoms with Gasteiger partial charge in [0.25, 0.3) is 5.91 Å². The third-order valence-corrected chi connectivity index (χ3v) is 5.34. The number of hydrogen-bond acceptors (Lipinski definition) is 6. The van der Waals surface area contributed by atoms with Gasteiger partial charge in [0.2, 0.25) is 5.89 Å². The number of benzene rings is 3. The van der Waals surface area contributed by atoms with E-state index in [9.17, 15) is 9.59 Å². The number of rotatable bonds is 8. The van der Waals surface area contributed by atoms with E-state index < -0.39 is 5.97 Å². The van der Waals surface area contributed by atoms with Gasteiger partial charge in [-0.15, -0.1) is 0 Å². The molecule has 1 N–H and O–H groups in total. The molecule has 0 aliphatic rings. The highest BCUT2D eigenvalue weighted by Crippen LogP contribution is 2.24. The average Bonchev–Trinajstić information content (AvgIpc) is 3.24. The number of oxazole rings is 1. The Kier molecular flexibility index (Phi) is 7.26. The first kappa shape index (κ1) is 23.8. The average molecular weight is 471 g/mol. The summed E-state index contributed by atoms with van der Waals surface area (Å²) in [6.07, 6.45) is 0. The number of amides is 1. The van der Waals surface area contributed by atoms with Crippen molar-refractivity contribution in [2.75, 3.05) is 11.9 Å². The third kappa shape index (κ3) is 5.95. The van der Waals surface area contributed by atoms with Crippen molar-refractivity contribution in [2.45, 2.75) is 27.4 Å². The summed E-state index contributed by atoms with van der Waals surface area (Å²) in [5.41, 5.74) is 4.13. The van der Waals surface area contributed by atoms with Crippen LogP contribution in [0.15, 0.2) is 77.2 Å². The largest absolute Gasteiger partial charge is 0.487 e. The number of aryl methyl sites for hydroxylation is 2. The van der Waals surface area contributed by atoms with E-state index in [0.717, 1.165) is 11.3 Å². The van der Waals surface area contributed by atoms with E-state index in [2.05, 4.69) is 10.3 Å². The maximum atomic E-state index is 12.6. The maximum Gasteiger partial charge on any atom is 0.338 e. The molecule has 4 rings (SSSR count). The second-order valence-electron chi connectivity index (χ2n) is 7.95. The fraction of sp³-hybridized carbons (Fsp3) is 0.179. The minimum Gasteiger partial charge on any atom is -0.487 e. The van der Waals surface area contributed by atoms with Gasteiger partial charge in [0.05, 0.1) is 12.2 Å². The number of nitrogens with one attached hydrogen (secondary N) is 1. The minimum absolute atomic E-state index is 0.267. The molecule has 1 aromatic heterocycles. The molecule has 0 radical (unpaired) electrons. The SMILES string of the molecule is CCOC(=O)c1ccc(NC(=O)c2ccc(-c3nc(COc4ccc(C)cc4)c(C)o3)cc2)cc1. The molecule has 0 saturated carbocycles. The minimum atomic E-state index is -0.396. The predicted octanol–water partition coefficient (Wildman–Crippen LogP) is 5.97. The smallest absolute Gasteiger partial charge is 0.338 e. The first-order valence-corrected chi connectivity index (χ1v) is 11.3. The van der Waals surface area contributed by atoms with E-state index in [4.69, 9.17) is 13.9 Å². The first-order chi connectivity index (χ1) is 16.9. The Hall–Kier alpha value is -4.39. The highest BCUT2D eigenvalue weighted by atomic mass is 16.5. The van der Waals surface area contributed by atoms with Crippen LogP contribution in [0, 0.1) is 13.8 Å². The van der Waals surface area contributed by atoms with Gasteiger partial charge in [-0.3, -0.25) is 4.79 Å². The molecule has 35 heavy (non-hydrogen) atoms. The molecule has 178 valence electrons. The molecule has 0 saturated heterocycles. The number of aromatic nitrogens is 1. The maximum absolute atomic E-state index is 12.6. The van der Waals surface area contributed by atoms with Crippen molar-refractivity contribution in [3.63, 3.8) is 0 Å². The van der Waals surface area contributed by atoms with Crippen LogP contribution in [0.2, 0.25) is 0 Å². The molecule has 7 heteroatoms. The first-order valence-electron chi connectivity index (χ1n) is 11.3. The van der Waals surface area contributed by atoms with Crippen molar-refractivity contribution in [1.82, 2.24) is 4.98 Å². The molecule has 0 unspecified atom stereocenters. The Morgan fingerprint density at radius 2 is 1.54 bits per heavy atom. The predicted molar refractivity (Wildman–Crippen MR) is 133 cm³/mol. The lowest BCUT2D eigenvalue weighted by Crippen LogP contribution is -2.12. The Morgan fingerprint density at radius 3 is 2.20 bits per heavy atom. The van der Waals surface area contributed by atoms with Crippen LogP contribution in [0.1, 0.15) is 44.7 Å². The zero-order valence-electron chi connectivity index (χ0n) is 19.8. The van der Waals surface area contributed by atoms with Crippen LogP contribution < -0.4 is 10.1 Å². The summed E-state index contributed by atoms with van der Waals surface area (Å²) in [6.45, 7) is 6.23. The standard InChI is InChI=1S/C28H26N2O5/c1-4-33-28(32)22-11-13-23(14-12-22)29-26(31)20-7-9-21(10-8-20)27-30-25(19(3)35-27)17-34-24-15-5-18(2)6-16-24/h5-16H,4,17H2,1-3H3,(H,29,31). The summed E-state index contributed by atoms with van der Waals surface area (Å²) >= 11 is 0. The van der Waals surface area contributed by atoms with Gasteiger partial charge in [-0.25, -0.2) is 9.78 Å². The molecule has 0 aliphatic carbocycles. The van der Waals surface area contributed by atoms with Crippen LogP contribution in [0.3, 0.4) is 0 Å². The summed E-state index contributed by atoms with van der Waals surface area (Å²) in [5.74, 6) is 1.25. The van der Waals surface area contributed by atoms with E-state index in [1.54, 1.807) is 55.5 Å². The monoisotopic (exact) mass is 470 g/mol. The van der Waals surface area contributed by atoms with Gasteiger partial charge in [-0.05, 0) is 81.4 Å². The lowest BCUT2D eigenvalue weighted by Gasteiger charge is -2.07. The lowest BCUT2D eigenvalue weighted by atomic mass is 10.1. The second-order valence-corrected chi connectivity index (χ2v) is 7.95. The second kappa shape index (κ2) is 10.7. The summed E-state index contributed by atoms with van der Waals surface area (Å²) < 4.78 is 16.6. The normalized spacial score (nSPS) is 10.6. The highest BCUT2D eigenvalue weighted by Gasteiger charge is 2.14. The molecule has 1 heterocycles. The number of carbonyl (C=O) groups is 2. The van der Waals surface area contributed by atoms with Crippen LogP contribution >= 0.6 is 0 Å². The summed E-state index contributed by atoms with van der Waals surface area (Å²) in [5, 5.41) is 2.82. The van der Waals surface area contributed by atoms with Gasteiger partial charge >= 0.3 is 5.97 Å². The summed E-state index contributed by atoms with van der Waals surface area (Å²) in [7, 11) is 0. The van der Waals surface area contributed by atoms with Crippen molar-refractivity contribution in [3.05, 3.63) is 101 Å². The van der Waals surface area contributed by atoms with Crippen molar-refractivity contribution >= 4 is 17.6 Å². The summed E-state index contributed by atoms with van der Waals surface area (Å²) in [6, 6.07) is 21.4. The zero-order valence-corrected chi connectivity index (χ0v) is 19.8. The van der Waals surface area contributed by atoms with E-state index in [1.165, 1.54) is 5.56 Å².